The van der Waals surface area contributed by atoms with Gasteiger partial charge in [0.25, 0.3) is 10.0 Å². The molecule has 0 aromatic heterocycles. The van der Waals surface area contributed by atoms with Gasteiger partial charge in [0.2, 0.25) is 0 Å². The zero-order valence-corrected chi connectivity index (χ0v) is 11.1. The summed E-state index contributed by atoms with van der Waals surface area (Å²) in [6, 6.07) is 10.6. The Morgan fingerprint density at radius 1 is 1.16 bits per heavy atom. The fraction of sp³-hybridized carbons (Fsp3) is 0.0769. The van der Waals surface area contributed by atoms with Crippen molar-refractivity contribution in [1.82, 2.24) is 0 Å². The topological polar surface area (TPSA) is 92.4 Å². The Balaban J connectivity index is 2.41. The fourth-order valence-electron chi connectivity index (χ4n) is 1.70. The van der Waals surface area contributed by atoms with Gasteiger partial charge in [-0.3, -0.25) is 4.72 Å². The van der Waals surface area contributed by atoms with E-state index in [0.29, 0.717) is 16.9 Å². The van der Waals surface area contributed by atoms with Gasteiger partial charge < -0.3 is 10.8 Å². The number of rotatable bonds is 3. The molecule has 19 heavy (non-hydrogen) atoms. The summed E-state index contributed by atoms with van der Waals surface area (Å²) in [5.74, 6) is -0.00972. The molecule has 0 bridgehead atoms. The number of anilines is 2. The van der Waals surface area contributed by atoms with Gasteiger partial charge in [0, 0.05) is 11.8 Å². The maximum Gasteiger partial charge on any atom is 0.262 e. The minimum atomic E-state index is -3.72. The van der Waals surface area contributed by atoms with Gasteiger partial charge in [-0.2, -0.15) is 0 Å². The molecule has 2 aromatic carbocycles. The van der Waals surface area contributed by atoms with Crippen molar-refractivity contribution in [2.45, 2.75) is 11.8 Å². The van der Waals surface area contributed by atoms with Crippen molar-refractivity contribution in [1.29, 1.82) is 0 Å². The summed E-state index contributed by atoms with van der Waals surface area (Å²) < 4.78 is 26.9. The lowest BCUT2D eigenvalue weighted by Gasteiger charge is -2.11. The van der Waals surface area contributed by atoms with Crippen molar-refractivity contribution in [2.75, 3.05) is 10.5 Å². The second-order valence-corrected chi connectivity index (χ2v) is 5.78. The van der Waals surface area contributed by atoms with Crippen LogP contribution in [0.5, 0.6) is 5.75 Å². The smallest absolute Gasteiger partial charge is 0.262 e. The van der Waals surface area contributed by atoms with Crippen LogP contribution in [0, 0.1) is 6.92 Å². The Hall–Kier alpha value is -2.21. The molecule has 6 heteroatoms. The van der Waals surface area contributed by atoms with Crippen LogP contribution in [0.1, 0.15) is 5.56 Å². The Bertz CT molecular complexity index is 712. The first kappa shape index (κ1) is 13.2. The Morgan fingerprint density at radius 2 is 1.84 bits per heavy atom. The molecular formula is C13H14N2O3S. The summed E-state index contributed by atoms with van der Waals surface area (Å²) in [4.78, 5) is 0.121. The normalized spacial score (nSPS) is 11.2. The summed E-state index contributed by atoms with van der Waals surface area (Å²) in [6.45, 7) is 1.65. The van der Waals surface area contributed by atoms with E-state index in [1.807, 2.05) is 0 Å². The summed E-state index contributed by atoms with van der Waals surface area (Å²) in [7, 11) is -3.72. The lowest BCUT2D eigenvalue weighted by Crippen LogP contribution is -2.14. The van der Waals surface area contributed by atoms with Crippen molar-refractivity contribution in [3.8, 4) is 5.75 Å². The molecule has 0 saturated heterocycles. The highest BCUT2D eigenvalue weighted by atomic mass is 32.2. The molecule has 0 saturated carbocycles. The maximum atomic E-state index is 12.2. The Morgan fingerprint density at radius 3 is 2.53 bits per heavy atom. The second-order valence-electron chi connectivity index (χ2n) is 4.13. The molecule has 5 nitrogen and oxygen atoms in total. The minimum Gasteiger partial charge on any atom is -0.508 e. The maximum absolute atomic E-state index is 12.2. The average molecular weight is 278 g/mol. The van der Waals surface area contributed by atoms with Crippen molar-refractivity contribution >= 4 is 21.4 Å². The number of nitrogens with two attached hydrogens (primary N) is 1. The first-order chi connectivity index (χ1) is 8.90. The number of phenols is 1. The number of hydrogen-bond acceptors (Lipinski definition) is 4. The number of aromatic hydroxyl groups is 1. The number of nitrogen functional groups attached to an aromatic ring is 1. The van der Waals surface area contributed by atoms with Crippen molar-refractivity contribution in [2.24, 2.45) is 0 Å². The van der Waals surface area contributed by atoms with Gasteiger partial charge in [-0.15, -0.1) is 0 Å². The number of benzene rings is 2. The number of sulfonamides is 1. The highest BCUT2D eigenvalue weighted by Gasteiger charge is 2.17. The third-order valence-electron chi connectivity index (χ3n) is 2.71. The van der Waals surface area contributed by atoms with Crippen LogP contribution in [0.2, 0.25) is 0 Å². The molecule has 0 atom stereocenters. The second kappa shape index (κ2) is 4.81. The molecule has 2 aromatic rings. The largest absolute Gasteiger partial charge is 0.508 e. The van der Waals surface area contributed by atoms with Crippen molar-refractivity contribution < 1.29 is 13.5 Å². The molecule has 100 valence electrons. The van der Waals surface area contributed by atoms with Gasteiger partial charge in [0.15, 0.2) is 0 Å². The van der Waals surface area contributed by atoms with E-state index in [-0.39, 0.29) is 10.6 Å². The van der Waals surface area contributed by atoms with E-state index in [1.165, 1.54) is 18.2 Å². The zero-order valence-electron chi connectivity index (χ0n) is 10.3. The molecule has 0 aliphatic heterocycles. The van der Waals surface area contributed by atoms with Crippen LogP contribution >= 0.6 is 0 Å². The van der Waals surface area contributed by atoms with Gasteiger partial charge in [0.1, 0.15) is 5.75 Å². The lowest BCUT2D eigenvalue weighted by atomic mass is 10.2. The van der Waals surface area contributed by atoms with E-state index < -0.39 is 10.0 Å². The molecule has 0 amide bonds. The third-order valence-corrected chi connectivity index (χ3v) is 4.24. The van der Waals surface area contributed by atoms with E-state index in [9.17, 15) is 13.5 Å². The van der Waals surface area contributed by atoms with Crippen molar-refractivity contribution in [3.63, 3.8) is 0 Å². The molecule has 0 fully saturated rings. The molecule has 2 rings (SSSR count). The monoisotopic (exact) mass is 278 g/mol. The van der Waals surface area contributed by atoms with Gasteiger partial charge >= 0.3 is 0 Å². The third kappa shape index (κ3) is 2.79. The highest BCUT2D eigenvalue weighted by Crippen LogP contribution is 2.24. The van der Waals surface area contributed by atoms with E-state index in [0.717, 1.165) is 0 Å². The standard InChI is InChI=1S/C13H14N2O3S/c1-9-12(14)6-3-7-13(9)19(17,18)15-10-4-2-5-11(16)8-10/h2-8,15-16H,14H2,1H3. The molecule has 0 radical (unpaired) electrons. The molecular weight excluding hydrogens is 264 g/mol. The average Bonchev–Trinajstić information content (AvgIpc) is 2.32. The van der Waals surface area contributed by atoms with E-state index >= 15 is 0 Å². The zero-order chi connectivity index (χ0) is 14.0. The fourth-order valence-corrected chi connectivity index (χ4v) is 3.03. The quantitative estimate of drug-likeness (QED) is 0.749. The van der Waals surface area contributed by atoms with Crippen LogP contribution in [0.4, 0.5) is 11.4 Å². The predicted molar refractivity (Wildman–Crippen MR) is 74.5 cm³/mol. The molecule has 0 aliphatic carbocycles. The first-order valence-electron chi connectivity index (χ1n) is 5.57. The van der Waals surface area contributed by atoms with Gasteiger partial charge in [-0.25, -0.2) is 8.42 Å². The Kier molecular flexibility index (Phi) is 3.35. The number of nitrogens with one attached hydrogen (secondary N) is 1. The molecule has 0 unspecified atom stereocenters. The molecule has 0 aliphatic rings. The summed E-state index contributed by atoms with van der Waals surface area (Å²) >= 11 is 0. The van der Waals surface area contributed by atoms with Gasteiger partial charge in [-0.1, -0.05) is 12.1 Å². The number of hydrogen-bond donors (Lipinski definition) is 3. The lowest BCUT2D eigenvalue weighted by molar-refractivity contribution is 0.475. The van der Waals surface area contributed by atoms with Crippen LogP contribution in [0.3, 0.4) is 0 Å². The first-order valence-corrected chi connectivity index (χ1v) is 7.05. The summed E-state index contributed by atoms with van der Waals surface area (Å²) in [5, 5.41) is 9.32. The Labute approximate surface area is 111 Å². The van der Waals surface area contributed by atoms with E-state index in [4.69, 9.17) is 5.73 Å². The van der Waals surface area contributed by atoms with Crippen LogP contribution in [-0.2, 0) is 10.0 Å². The molecule has 0 spiro atoms. The predicted octanol–water partition coefficient (Wildman–Crippen LogP) is 2.08. The SMILES string of the molecule is Cc1c(N)cccc1S(=O)(=O)Nc1cccc(O)c1. The van der Waals surface area contributed by atoms with Crippen LogP contribution in [0.25, 0.3) is 0 Å². The summed E-state index contributed by atoms with van der Waals surface area (Å²) in [6.07, 6.45) is 0. The van der Waals surface area contributed by atoms with Crippen LogP contribution in [-0.4, -0.2) is 13.5 Å². The van der Waals surface area contributed by atoms with E-state index in [2.05, 4.69) is 4.72 Å². The van der Waals surface area contributed by atoms with Gasteiger partial charge in [-0.05, 0) is 36.8 Å². The van der Waals surface area contributed by atoms with E-state index in [1.54, 1.807) is 31.2 Å². The molecule has 4 N–H and O–H groups in total. The summed E-state index contributed by atoms with van der Waals surface area (Å²) in [5.41, 5.74) is 6.91. The number of phenolic OH excluding ortho intramolecular Hbond substituents is 1. The van der Waals surface area contributed by atoms with Crippen molar-refractivity contribution in [3.05, 3.63) is 48.0 Å². The van der Waals surface area contributed by atoms with Gasteiger partial charge in [0.05, 0.1) is 10.6 Å². The van der Waals surface area contributed by atoms with Crippen LogP contribution < -0.4 is 10.5 Å². The minimum absolute atomic E-state index is 0.00972. The highest BCUT2D eigenvalue weighted by molar-refractivity contribution is 7.92. The molecule has 0 heterocycles. The van der Waals surface area contributed by atoms with Crippen LogP contribution in [0.15, 0.2) is 47.4 Å².